The first-order chi connectivity index (χ1) is 11.1. The van der Waals surface area contributed by atoms with Gasteiger partial charge in [-0.05, 0) is 24.3 Å². The van der Waals surface area contributed by atoms with Crippen molar-refractivity contribution in [3.05, 3.63) is 65.0 Å². The third kappa shape index (κ3) is 4.24. The van der Waals surface area contributed by atoms with Crippen LogP contribution in [-0.2, 0) is 12.4 Å². The minimum absolute atomic E-state index is 0.000882. The number of hydrogen-bond donors (Lipinski definition) is 1. The Kier molecular flexibility index (Phi) is 4.81. The van der Waals surface area contributed by atoms with Crippen molar-refractivity contribution in [2.45, 2.75) is 12.4 Å². The second kappa shape index (κ2) is 6.50. The largest absolute Gasteiger partial charge is 0.417 e. The van der Waals surface area contributed by atoms with E-state index in [4.69, 9.17) is 0 Å². The SMILES string of the molecule is Fc1cc(C(F)(F)F)cc(C(F)(F)F)c1C=NNc1ccccc1. The number of benzene rings is 2. The van der Waals surface area contributed by atoms with Crippen LogP contribution >= 0.6 is 0 Å². The van der Waals surface area contributed by atoms with Gasteiger partial charge in [-0.25, -0.2) is 4.39 Å². The van der Waals surface area contributed by atoms with Crippen molar-refractivity contribution in [3.63, 3.8) is 0 Å². The van der Waals surface area contributed by atoms with E-state index in [0.29, 0.717) is 11.9 Å². The van der Waals surface area contributed by atoms with Crippen LogP contribution in [0.25, 0.3) is 0 Å². The zero-order chi connectivity index (χ0) is 18.0. The maximum Gasteiger partial charge on any atom is 0.417 e. The molecule has 1 N–H and O–H groups in total. The molecule has 0 unspecified atom stereocenters. The molecule has 0 saturated carbocycles. The number of anilines is 1. The standard InChI is InChI=1S/C15H9F7N2/c16-13-7-9(14(17,18)19)6-12(15(20,21)22)11(13)8-23-24-10-4-2-1-3-5-10/h1-8,24H. The van der Waals surface area contributed by atoms with Gasteiger partial charge in [0.25, 0.3) is 0 Å². The van der Waals surface area contributed by atoms with Crippen LogP contribution in [0.15, 0.2) is 47.6 Å². The Balaban J connectivity index is 2.41. The molecule has 0 aromatic heterocycles. The fourth-order valence-electron chi connectivity index (χ4n) is 1.83. The molecule has 0 aliphatic heterocycles. The molecule has 0 spiro atoms. The minimum atomic E-state index is -5.17. The molecule has 24 heavy (non-hydrogen) atoms. The lowest BCUT2D eigenvalue weighted by atomic mass is 10.0. The summed E-state index contributed by atoms with van der Waals surface area (Å²) in [5.41, 5.74) is -1.79. The first kappa shape index (κ1) is 17.8. The maximum atomic E-state index is 13.8. The molecule has 2 aromatic carbocycles. The van der Waals surface area contributed by atoms with Crippen LogP contribution in [0.2, 0.25) is 0 Å². The van der Waals surface area contributed by atoms with Crippen LogP contribution in [0.1, 0.15) is 16.7 Å². The Bertz CT molecular complexity index is 734. The van der Waals surface area contributed by atoms with Gasteiger partial charge in [-0.1, -0.05) is 18.2 Å². The van der Waals surface area contributed by atoms with Gasteiger partial charge in [-0.3, -0.25) is 5.43 Å². The minimum Gasteiger partial charge on any atom is -0.279 e. The van der Waals surface area contributed by atoms with Gasteiger partial charge in [-0.15, -0.1) is 0 Å². The second-order valence-corrected chi connectivity index (χ2v) is 4.65. The molecule has 128 valence electrons. The predicted molar refractivity (Wildman–Crippen MR) is 74.1 cm³/mol. The molecule has 9 heteroatoms. The monoisotopic (exact) mass is 350 g/mol. The summed E-state index contributed by atoms with van der Waals surface area (Å²) in [5.74, 6) is -1.67. The first-order valence-corrected chi connectivity index (χ1v) is 6.41. The molecular formula is C15H9F7N2. The summed E-state index contributed by atoms with van der Waals surface area (Å²) in [7, 11) is 0. The van der Waals surface area contributed by atoms with E-state index in [2.05, 4.69) is 10.5 Å². The van der Waals surface area contributed by atoms with Gasteiger partial charge in [0, 0.05) is 5.56 Å². The summed E-state index contributed by atoms with van der Waals surface area (Å²) in [5, 5.41) is 3.44. The number of nitrogens with zero attached hydrogens (tertiary/aromatic N) is 1. The third-order valence-corrected chi connectivity index (χ3v) is 2.92. The Morgan fingerprint density at radius 3 is 2.04 bits per heavy atom. The van der Waals surface area contributed by atoms with Crippen molar-refractivity contribution in [3.8, 4) is 0 Å². The average Bonchev–Trinajstić information content (AvgIpc) is 2.47. The topological polar surface area (TPSA) is 24.4 Å². The van der Waals surface area contributed by atoms with Crippen molar-refractivity contribution >= 4 is 11.9 Å². The molecule has 2 aromatic rings. The summed E-state index contributed by atoms with van der Waals surface area (Å²) >= 11 is 0. The Morgan fingerprint density at radius 2 is 1.50 bits per heavy atom. The summed E-state index contributed by atoms with van der Waals surface area (Å²) in [6, 6.07) is 7.88. The van der Waals surface area contributed by atoms with Gasteiger partial charge in [0.2, 0.25) is 0 Å². The summed E-state index contributed by atoms with van der Waals surface area (Å²) in [6.45, 7) is 0. The van der Waals surface area contributed by atoms with Crippen molar-refractivity contribution < 1.29 is 30.7 Å². The molecule has 0 heterocycles. The van der Waals surface area contributed by atoms with Gasteiger partial charge in [0.15, 0.2) is 0 Å². The van der Waals surface area contributed by atoms with Crippen molar-refractivity contribution in [1.29, 1.82) is 0 Å². The highest BCUT2D eigenvalue weighted by molar-refractivity contribution is 5.83. The number of halogens is 7. The molecule has 0 radical (unpaired) electrons. The number of hydrogen-bond acceptors (Lipinski definition) is 2. The highest BCUT2D eigenvalue weighted by atomic mass is 19.4. The fourth-order valence-corrected chi connectivity index (χ4v) is 1.83. The molecule has 0 saturated heterocycles. The Hall–Kier alpha value is -2.58. The summed E-state index contributed by atoms with van der Waals surface area (Å²) < 4.78 is 90.3. The average molecular weight is 350 g/mol. The number of hydrazone groups is 1. The number of rotatable bonds is 3. The van der Waals surface area contributed by atoms with Crippen molar-refractivity contribution in [2.75, 3.05) is 5.43 Å². The van der Waals surface area contributed by atoms with E-state index in [-0.39, 0.29) is 12.1 Å². The first-order valence-electron chi connectivity index (χ1n) is 6.41. The van der Waals surface area contributed by atoms with Crippen LogP contribution in [-0.4, -0.2) is 6.21 Å². The zero-order valence-corrected chi connectivity index (χ0v) is 11.7. The van der Waals surface area contributed by atoms with Gasteiger partial charge < -0.3 is 0 Å². The van der Waals surface area contributed by atoms with Gasteiger partial charge in [0.05, 0.1) is 23.0 Å². The van der Waals surface area contributed by atoms with E-state index in [1.807, 2.05) is 0 Å². The number of alkyl halides is 6. The zero-order valence-electron chi connectivity index (χ0n) is 11.7. The van der Waals surface area contributed by atoms with Gasteiger partial charge in [0.1, 0.15) is 5.82 Å². The lowest BCUT2D eigenvalue weighted by Gasteiger charge is -2.14. The molecule has 0 amide bonds. The van der Waals surface area contributed by atoms with Crippen LogP contribution < -0.4 is 5.43 Å². The van der Waals surface area contributed by atoms with E-state index < -0.39 is 34.9 Å². The summed E-state index contributed by atoms with van der Waals surface area (Å²) in [6.07, 6.45) is -9.78. The lowest BCUT2D eigenvalue weighted by Crippen LogP contribution is -2.15. The highest BCUT2D eigenvalue weighted by Gasteiger charge is 2.39. The van der Waals surface area contributed by atoms with Crippen molar-refractivity contribution in [1.82, 2.24) is 0 Å². The van der Waals surface area contributed by atoms with Gasteiger partial charge in [-0.2, -0.15) is 31.4 Å². The Labute approximate surface area is 131 Å². The number of para-hydroxylation sites is 1. The van der Waals surface area contributed by atoms with Crippen molar-refractivity contribution in [2.24, 2.45) is 5.10 Å². The van der Waals surface area contributed by atoms with E-state index in [0.717, 1.165) is 0 Å². The van der Waals surface area contributed by atoms with Gasteiger partial charge >= 0.3 is 12.4 Å². The number of nitrogens with one attached hydrogen (secondary N) is 1. The fraction of sp³-hybridized carbons (Fsp3) is 0.133. The lowest BCUT2D eigenvalue weighted by molar-refractivity contribution is -0.143. The molecule has 0 aliphatic rings. The maximum absolute atomic E-state index is 13.8. The predicted octanol–water partition coefficient (Wildman–Crippen LogP) is 5.31. The normalized spacial score (nSPS) is 12.6. The van der Waals surface area contributed by atoms with Crippen LogP contribution in [0.5, 0.6) is 0 Å². The molecule has 0 aliphatic carbocycles. The second-order valence-electron chi connectivity index (χ2n) is 4.65. The molecule has 0 bridgehead atoms. The van der Waals surface area contributed by atoms with Crippen LogP contribution in [0.4, 0.5) is 36.4 Å². The molecule has 0 atom stereocenters. The van der Waals surface area contributed by atoms with E-state index >= 15 is 0 Å². The quantitative estimate of drug-likeness (QED) is 0.453. The van der Waals surface area contributed by atoms with Crippen LogP contribution in [0, 0.1) is 5.82 Å². The highest BCUT2D eigenvalue weighted by Crippen LogP contribution is 2.38. The third-order valence-electron chi connectivity index (χ3n) is 2.92. The van der Waals surface area contributed by atoms with E-state index in [9.17, 15) is 30.7 Å². The molecular weight excluding hydrogens is 341 g/mol. The van der Waals surface area contributed by atoms with E-state index in [1.165, 1.54) is 0 Å². The molecule has 2 nitrogen and oxygen atoms in total. The smallest absolute Gasteiger partial charge is 0.279 e. The van der Waals surface area contributed by atoms with E-state index in [1.54, 1.807) is 30.3 Å². The van der Waals surface area contributed by atoms with Crippen LogP contribution in [0.3, 0.4) is 0 Å². The molecule has 0 fully saturated rings. The molecule has 2 rings (SSSR count). The Morgan fingerprint density at radius 1 is 0.875 bits per heavy atom. The summed E-state index contributed by atoms with van der Waals surface area (Å²) in [4.78, 5) is 0.